The van der Waals surface area contributed by atoms with Gasteiger partial charge in [-0.1, -0.05) is 6.92 Å². The van der Waals surface area contributed by atoms with Gasteiger partial charge < -0.3 is 19.5 Å². The van der Waals surface area contributed by atoms with E-state index in [-0.39, 0.29) is 6.10 Å². The van der Waals surface area contributed by atoms with Crippen molar-refractivity contribution in [1.29, 1.82) is 0 Å². The van der Waals surface area contributed by atoms with Gasteiger partial charge in [-0.05, 0) is 25.8 Å². The van der Waals surface area contributed by atoms with E-state index in [4.69, 9.17) is 14.2 Å². The average molecular weight is 231 g/mol. The zero-order valence-corrected chi connectivity index (χ0v) is 10.5. The van der Waals surface area contributed by atoms with Crippen LogP contribution >= 0.6 is 0 Å². The van der Waals surface area contributed by atoms with Crippen molar-refractivity contribution in [3.63, 3.8) is 0 Å². The summed E-state index contributed by atoms with van der Waals surface area (Å²) in [7, 11) is 1.69. The highest BCUT2D eigenvalue weighted by atomic mass is 16.6. The number of hydrogen-bond donors (Lipinski definition) is 1. The second-order valence-corrected chi connectivity index (χ2v) is 4.23. The smallest absolute Gasteiger partial charge is 0.0813 e. The SMILES string of the molecule is CCCNCC1CCC(COCCOC)O1. The Morgan fingerprint density at radius 3 is 2.81 bits per heavy atom. The van der Waals surface area contributed by atoms with Gasteiger partial charge in [-0.25, -0.2) is 0 Å². The van der Waals surface area contributed by atoms with Gasteiger partial charge in [0.2, 0.25) is 0 Å². The Bertz CT molecular complexity index is 166. The van der Waals surface area contributed by atoms with Gasteiger partial charge in [-0.3, -0.25) is 0 Å². The molecule has 1 heterocycles. The highest BCUT2D eigenvalue weighted by Gasteiger charge is 2.24. The molecule has 0 aliphatic carbocycles. The van der Waals surface area contributed by atoms with E-state index < -0.39 is 0 Å². The fraction of sp³-hybridized carbons (Fsp3) is 1.00. The second-order valence-electron chi connectivity index (χ2n) is 4.23. The molecule has 4 heteroatoms. The molecule has 1 N–H and O–H groups in total. The number of hydrogen-bond acceptors (Lipinski definition) is 4. The van der Waals surface area contributed by atoms with Crippen molar-refractivity contribution < 1.29 is 14.2 Å². The molecule has 2 atom stereocenters. The molecule has 1 aliphatic heterocycles. The second kappa shape index (κ2) is 8.93. The van der Waals surface area contributed by atoms with Crippen LogP contribution in [0.25, 0.3) is 0 Å². The quantitative estimate of drug-likeness (QED) is 0.605. The summed E-state index contributed by atoms with van der Waals surface area (Å²) >= 11 is 0. The normalized spacial score (nSPS) is 25.1. The predicted molar refractivity (Wildman–Crippen MR) is 63.8 cm³/mol. The monoisotopic (exact) mass is 231 g/mol. The third-order valence-corrected chi connectivity index (χ3v) is 2.73. The topological polar surface area (TPSA) is 39.7 Å². The average Bonchev–Trinajstić information content (AvgIpc) is 2.73. The van der Waals surface area contributed by atoms with E-state index in [0.29, 0.717) is 25.9 Å². The first kappa shape index (κ1) is 13.9. The van der Waals surface area contributed by atoms with Crippen LogP contribution in [-0.2, 0) is 14.2 Å². The first-order chi connectivity index (χ1) is 7.86. The van der Waals surface area contributed by atoms with Gasteiger partial charge in [0, 0.05) is 13.7 Å². The van der Waals surface area contributed by atoms with E-state index >= 15 is 0 Å². The van der Waals surface area contributed by atoms with Crippen molar-refractivity contribution in [2.75, 3.05) is 40.0 Å². The fourth-order valence-corrected chi connectivity index (χ4v) is 1.85. The van der Waals surface area contributed by atoms with Gasteiger partial charge in [0.25, 0.3) is 0 Å². The summed E-state index contributed by atoms with van der Waals surface area (Å²) in [4.78, 5) is 0. The maximum absolute atomic E-state index is 5.86. The molecule has 0 amide bonds. The van der Waals surface area contributed by atoms with Crippen LogP contribution < -0.4 is 5.32 Å². The zero-order valence-electron chi connectivity index (χ0n) is 10.5. The molecular formula is C12H25NO3. The van der Waals surface area contributed by atoms with Gasteiger partial charge in [0.05, 0.1) is 32.0 Å². The van der Waals surface area contributed by atoms with E-state index in [1.165, 1.54) is 6.42 Å². The lowest BCUT2D eigenvalue weighted by Crippen LogP contribution is -2.28. The third-order valence-electron chi connectivity index (χ3n) is 2.73. The Hall–Kier alpha value is -0.160. The standard InChI is InChI=1S/C12H25NO3/c1-3-6-13-9-11-4-5-12(16-11)10-15-8-7-14-2/h11-13H,3-10H2,1-2H3. The minimum atomic E-state index is 0.283. The first-order valence-corrected chi connectivity index (χ1v) is 6.29. The molecule has 0 aromatic rings. The Morgan fingerprint density at radius 2 is 2.06 bits per heavy atom. The lowest BCUT2D eigenvalue weighted by Gasteiger charge is -2.14. The number of methoxy groups -OCH3 is 1. The van der Waals surface area contributed by atoms with Crippen LogP contribution in [0, 0.1) is 0 Å². The van der Waals surface area contributed by atoms with Crippen molar-refractivity contribution in [2.24, 2.45) is 0 Å². The fourth-order valence-electron chi connectivity index (χ4n) is 1.85. The Morgan fingerprint density at radius 1 is 1.25 bits per heavy atom. The molecule has 0 aromatic carbocycles. The zero-order chi connectivity index (χ0) is 11.6. The summed E-state index contributed by atoms with van der Waals surface area (Å²) in [5.74, 6) is 0. The molecule has 96 valence electrons. The summed E-state index contributed by atoms with van der Waals surface area (Å²) in [5.41, 5.74) is 0. The minimum Gasteiger partial charge on any atom is -0.382 e. The van der Waals surface area contributed by atoms with Crippen LogP contribution in [0.15, 0.2) is 0 Å². The summed E-state index contributed by atoms with van der Waals surface area (Å²) in [6.07, 6.45) is 4.10. The van der Waals surface area contributed by atoms with Crippen molar-refractivity contribution >= 4 is 0 Å². The Kier molecular flexibility index (Phi) is 7.76. The molecule has 2 unspecified atom stereocenters. The summed E-state index contributed by atoms with van der Waals surface area (Å²) in [6, 6.07) is 0. The van der Waals surface area contributed by atoms with Crippen LogP contribution in [-0.4, -0.2) is 52.2 Å². The van der Waals surface area contributed by atoms with E-state index in [1.807, 2.05) is 0 Å². The summed E-state index contributed by atoms with van der Waals surface area (Å²) in [6.45, 7) is 6.25. The minimum absolute atomic E-state index is 0.283. The highest BCUT2D eigenvalue weighted by Crippen LogP contribution is 2.19. The molecule has 0 saturated carbocycles. The molecule has 0 bridgehead atoms. The van der Waals surface area contributed by atoms with E-state index in [2.05, 4.69) is 12.2 Å². The molecule has 0 spiro atoms. The first-order valence-electron chi connectivity index (χ1n) is 6.29. The van der Waals surface area contributed by atoms with Crippen molar-refractivity contribution in [2.45, 2.75) is 38.4 Å². The van der Waals surface area contributed by atoms with Gasteiger partial charge in [0.15, 0.2) is 0 Å². The van der Waals surface area contributed by atoms with Crippen LogP contribution in [0.1, 0.15) is 26.2 Å². The lowest BCUT2D eigenvalue weighted by atomic mass is 10.2. The molecule has 4 nitrogen and oxygen atoms in total. The van der Waals surface area contributed by atoms with E-state index in [1.54, 1.807) is 7.11 Å². The predicted octanol–water partition coefficient (Wildman–Crippen LogP) is 1.20. The Balaban J connectivity index is 1.97. The van der Waals surface area contributed by atoms with Gasteiger partial charge in [-0.15, -0.1) is 0 Å². The van der Waals surface area contributed by atoms with Gasteiger partial charge >= 0.3 is 0 Å². The number of rotatable bonds is 9. The third kappa shape index (κ3) is 5.80. The molecule has 0 radical (unpaired) electrons. The summed E-state index contributed by atoms with van der Waals surface area (Å²) < 4.78 is 16.2. The van der Waals surface area contributed by atoms with Gasteiger partial charge in [-0.2, -0.15) is 0 Å². The molecule has 1 fully saturated rings. The van der Waals surface area contributed by atoms with Crippen LogP contribution in [0.5, 0.6) is 0 Å². The number of nitrogens with one attached hydrogen (secondary N) is 1. The van der Waals surface area contributed by atoms with Crippen molar-refractivity contribution in [1.82, 2.24) is 5.32 Å². The van der Waals surface area contributed by atoms with Crippen LogP contribution in [0.2, 0.25) is 0 Å². The number of ether oxygens (including phenoxy) is 3. The summed E-state index contributed by atoms with van der Waals surface area (Å²) in [5, 5.41) is 3.39. The van der Waals surface area contributed by atoms with Crippen LogP contribution in [0.4, 0.5) is 0 Å². The maximum atomic E-state index is 5.86. The maximum Gasteiger partial charge on any atom is 0.0813 e. The lowest BCUT2D eigenvalue weighted by molar-refractivity contribution is -0.0243. The van der Waals surface area contributed by atoms with E-state index in [9.17, 15) is 0 Å². The molecule has 1 aliphatic rings. The van der Waals surface area contributed by atoms with E-state index in [0.717, 1.165) is 25.9 Å². The Labute approximate surface area is 98.6 Å². The molecule has 1 saturated heterocycles. The highest BCUT2D eigenvalue weighted by molar-refractivity contribution is 4.75. The molecule has 16 heavy (non-hydrogen) atoms. The molecular weight excluding hydrogens is 206 g/mol. The largest absolute Gasteiger partial charge is 0.382 e. The molecule has 1 rings (SSSR count). The van der Waals surface area contributed by atoms with Crippen molar-refractivity contribution in [3.05, 3.63) is 0 Å². The van der Waals surface area contributed by atoms with Crippen LogP contribution in [0.3, 0.4) is 0 Å². The van der Waals surface area contributed by atoms with Gasteiger partial charge in [0.1, 0.15) is 0 Å². The molecule has 0 aromatic heterocycles. The van der Waals surface area contributed by atoms with Crippen molar-refractivity contribution in [3.8, 4) is 0 Å².